The maximum atomic E-state index is 16.8. The molecule has 1 amide bonds. The minimum Gasteiger partial charge on any atom is -0.461 e. The Morgan fingerprint density at radius 1 is 1.10 bits per heavy atom. The standard InChI is InChI=1S/C36H38ClF3N6O3/c1-35(2,3)49-34(47)46-22-13-26(39)27(46)18-44(17-22)32-24-15-41-30(23-9-4-7-20-8-5-10-25(37)28(20)23)29(40)31(24)42-33(43-32)48-19-36-11-6-12-45(36)16-21(38)14-36/h4-5,7-10,15,21-22,26-27H,6,11-14,16-19H2,1-3H3. The number of fused-ring (bicyclic) bond motifs is 5. The van der Waals surface area contributed by atoms with Crippen LogP contribution in [0.3, 0.4) is 0 Å². The molecule has 4 aromatic rings. The molecule has 0 radical (unpaired) electrons. The molecule has 6 heterocycles. The van der Waals surface area contributed by atoms with E-state index in [4.69, 9.17) is 26.1 Å². The second-order valence-corrected chi connectivity index (χ2v) is 15.2. The van der Waals surface area contributed by atoms with E-state index in [0.29, 0.717) is 40.1 Å². The number of pyridine rings is 1. The lowest BCUT2D eigenvalue weighted by Gasteiger charge is -2.41. The summed E-state index contributed by atoms with van der Waals surface area (Å²) in [5.74, 6) is -0.347. The van der Waals surface area contributed by atoms with Crippen molar-refractivity contribution >= 4 is 45.2 Å². The van der Waals surface area contributed by atoms with E-state index in [1.807, 2.05) is 29.2 Å². The van der Waals surface area contributed by atoms with Crippen LogP contribution in [-0.2, 0) is 4.74 Å². The summed E-state index contributed by atoms with van der Waals surface area (Å²) in [6.45, 7) is 6.97. The summed E-state index contributed by atoms with van der Waals surface area (Å²) in [7, 11) is 0. The molecule has 8 rings (SSSR count). The molecule has 2 aromatic heterocycles. The second kappa shape index (κ2) is 11.9. The fourth-order valence-electron chi connectivity index (χ4n) is 8.32. The molecule has 49 heavy (non-hydrogen) atoms. The molecular weight excluding hydrogens is 657 g/mol. The van der Waals surface area contributed by atoms with Crippen LogP contribution >= 0.6 is 11.6 Å². The summed E-state index contributed by atoms with van der Waals surface area (Å²) in [6, 6.07) is 9.63. The van der Waals surface area contributed by atoms with Gasteiger partial charge in [-0.15, -0.1) is 0 Å². The van der Waals surface area contributed by atoms with Gasteiger partial charge in [0.1, 0.15) is 41.6 Å². The summed E-state index contributed by atoms with van der Waals surface area (Å²) in [6.07, 6.45) is 0.971. The molecule has 5 unspecified atom stereocenters. The highest BCUT2D eigenvalue weighted by molar-refractivity contribution is 6.36. The van der Waals surface area contributed by atoms with Crippen molar-refractivity contribution in [3.05, 3.63) is 53.4 Å². The van der Waals surface area contributed by atoms with Crippen LogP contribution in [0.4, 0.5) is 23.8 Å². The van der Waals surface area contributed by atoms with E-state index < -0.39 is 47.5 Å². The van der Waals surface area contributed by atoms with E-state index in [1.165, 1.54) is 11.1 Å². The van der Waals surface area contributed by atoms with Gasteiger partial charge in [0, 0.05) is 54.6 Å². The Balaban J connectivity index is 1.21. The Hall–Kier alpha value is -3.90. The molecule has 258 valence electrons. The first-order valence-electron chi connectivity index (χ1n) is 16.9. The molecule has 9 nitrogen and oxygen atoms in total. The molecule has 0 saturated carbocycles. The Labute approximate surface area is 287 Å². The van der Waals surface area contributed by atoms with Crippen molar-refractivity contribution in [1.82, 2.24) is 24.8 Å². The van der Waals surface area contributed by atoms with E-state index in [0.717, 1.165) is 24.8 Å². The van der Waals surface area contributed by atoms with Crippen molar-refractivity contribution in [2.24, 2.45) is 0 Å². The summed E-state index contributed by atoms with van der Waals surface area (Å²) < 4.78 is 58.7. The zero-order chi connectivity index (χ0) is 34.2. The van der Waals surface area contributed by atoms with Crippen LogP contribution in [0.25, 0.3) is 32.9 Å². The van der Waals surface area contributed by atoms with Crippen molar-refractivity contribution in [2.75, 3.05) is 37.7 Å². The highest BCUT2D eigenvalue weighted by Gasteiger charge is 2.51. The molecule has 2 aromatic carbocycles. The van der Waals surface area contributed by atoms with Gasteiger partial charge in [-0.3, -0.25) is 14.8 Å². The first-order valence-corrected chi connectivity index (χ1v) is 17.2. The third-order valence-electron chi connectivity index (χ3n) is 10.4. The van der Waals surface area contributed by atoms with E-state index >= 15 is 8.78 Å². The highest BCUT2D eigenvalue weighted by Crippen LogP contribution is 2.42. The lowest BCUT2D eigenvalue weighted by Crippen LogP contribution is -2.58. The van der Waals surface area contributed by atoms with Gasteiger partial charge in [0.05, 0.1) is 23.0 Å². The van der Waals surface area contributed by atoms with Gasteiger partial charge in [-0.25, -0.2) is 18.0 Å². The average molecular weight is 695 g/mol. The number of anilines is 1. The molecule has 0 aliphatic carbocycles. The predicted molar refractivity (Wildman–Crippen MR) is 181 cm³/mol. The maximum absolute atomic E-state index is 16.8. The molecule has 0 N–H and O–H groups in total. The minimum absolute atomic E-state index is 0.0108. The van der Waals surface area contributed by atoms with E-state index in [1.54, 1.807) is 32.9 Å². The average Bonchev–Trinajstić information content (AvgIpc) is 3.64. The molecule has 4 aliphatic rings. The number of alkyl halides is 2. The number of benzene rings is 2. The number of rotatable bonds is 5. The Kier molecular flexibility index (Phi) is 7.82. The van der Waals surface area contributed by atoms with Gasteiger partial charge in [0.15, 0.2) is 5.82 Å². The zero-order valence-corrected chi connectivity index (χ0v) is 28.4. The van der Waals surface area contributed by atoms with Gasteiger partial charge in [-0.05, 0) is 51.6 Å². The SMILES string of the molecule is CC(C)(C)OC(=O)N1C2CC(F)C1CN(c1nc(OCC34CCCN3CC(F)C4)nc3c(F)c(-c4cccc5cccc(Cl)c45)ncc13)C2. The van der Waals surface area contributed by atoms with E-state index in [-0.39, 0.29) is 43.3 Å². The van der Waals surface area contributed by atoms with Crippen molar-refractivity contribution < 1.29 is 27.4 Å². The third kappa shape index (κ3) is 5.60. The number of aromatic nitrogens is 3. The number of nitrogens with zero attached hydrogens (tertiary/aromatic N) is 6. The minimum atomic E-state index is -1.27. The van der Waals surface area contributed by atoms with Gasteiger partial charge in [0.2, 0.25) is 0 Å². The van der Waals surface area contributed by atoms with Crippen molar-refractivity contribution in [1.29, 1.82) is 0 Å². The van der Waals surface area contributed by atoms with Crippen LogP contribution in [0.2, 0.25) is 5.02 Å². The fraction of sp³-hybridized carbons (Fsp3) is 0.500. The van der Waals surface area contributed by atoms with Crippen LogP contribution < -0.4 is 9.64 Å². The second-order valence-electron chi connectivity index (χ2n) is 14.8. The number of halogens is 4. The van der Waals surface area contributed by atoms with Crippen LogP contribution in [0, 0.1) is 5.82 Å². The smallest absolute Gasteiger partial charge is 0.411 e. The number of carbonyl (C=O) groups is 1. The largest absolute Gasteiger partial charge is 0.461 e. The van der Waals surface area contributed by atoms with Crippen LogP contribution in [0.15, 0.2) is 42.6 Å². The molecule has 5 atom stereocenters. The lowest BCUT2D eigenvalue weighted by molar-refractivity contribution is 0.00952. The number of hydrogen-bond acceptors (Lipinski definition) is 8. The Morgan fingerprint density at radius 3 is 2.67 bits per heavy atom. The summed E-state index contributed by atoms with van der Waals surface area (Å²) in [5, 5.41) is 2.28. The van der Waals surface area contributed by atoms with Gasteiger partial charge in [-0.2, -0.15) is 9.97 Å². The van der Waals surface area contributed by atoms with Gasteiger partial charge in [0.25, 0.3) is 0 Å². The monoisotopic (exact) mass is 694 g/mol. The lowest BCUT2D eigenvalue weighted by atomic mass is 9.95. The van der Waals surface area contributed by atoms with Crippen molar-refractivity contribution in [3.8, 4) is 17.3 Å². The van der Waals surface area contributed by atoms with Gasteiger partial charge in [-0.1, -0.05) is 41.9 Å². The predicted octanol–water partition coefficient (Wildman–Crippen LogP) is 7.13. The van der Waals surface area contributed by atoms with Gasteiger partial charge >= 0.3 is 12.1 Å². The number of hydrogen-bond donors (Lipinski definition) is 0. The summed E-state index contributed by atoms with van der Waals surface area (Å²) >= 11 is 6.61. The highest BCUT2D eigenvalue weighted by atomic mass is 35.5. The number of carbonyl (C=O) groups excluding carboxylic acids is 1. The number of piperazine rings is 1. The van der Waals surface area contributed by atoms with Crippen molar-refractivity contribution in [3.63, 3.8) is 0 Å². The molecule has 2 bridgehead atoms. The quantitative estimate of drug-likeness (QED) is 0.218. The molecule has 4 aliphatic heterocycles. The number of amides is 1. The van der Waals surface area contributed by atoms with Crippen LogP contribution in [-0.4, -0.2) is 99.2 Å². The normalized spacial score (nSPS) is 26.9. The third-order valence-corrected chi connectivity index (χ3v) is 10.7. The van der Waals surface area contributed by atoms with Crippen LogP contribution in [0.1, 0.15) is 46.5 Å². The first kappa shape index (κ1) is 32.3. The molecule has 13 heteroatoms. The number of ether oxygens (including phenoxy) is 2. The Bertz CT molecular complexity index is 1960. The fourth-order valence-corrected chi connectivity index (χ4v) is 8.61. The van der Waals surface area contributed by atoms with E-state index in [9.17, 15) is 9.18 Å². The first-order chi connectivity index (χ1) is 23.4. The topological polar surface area (TPSA) is 83.9 Å². The van der Waals surface area contributed by atoms with E-state index in [2.05, 4.69) is 14.9 Å². The van der Waals surface area contributed by atoms with Gasteiger partial charge < -0.3 is 14.4 Å². The van der Waals surface area contributed by atoms with Crippen molar-refractivity contribution in [2.45, 2.75) is 82.0 Å². The molecule has 4 saturated heterocycles. The molecule has 0 spiro atoms. The summed E-state index contributed by atoms with van der Waals surface area (Å²) in [4.78, 5) is 32.6. The molecular formula is C36H38ClF3N6O3. The Morgan fingerprint density at radius 2 is 1.90 bits per heavy atom. The van der Waals surface area contributed by atoms with Crippen LogP contribution in [0.5, 0.6) is 6.01 Å². The molecule has 4 fully saturated rings. The maximum Gasteiger partial charge on any atom is 0.411 e. The zero-order valence-electron chi connectivity index (χ0n) is 27.6. The summed E-state index contributed by atoms with van der Waals surface area (Å²) in [5.41, 5.74) is -0.644.